The van der Waals surface area contributed by atoms with E-state index >= 15 is 0 Å². The molecule has 0 amide bonds. The maximum absolute atomic E-state index is 10.9. The fourth-order valence-corrected chi connectivity index (χ4v) is 0.758. The average Bonchev–Trinajstić information content (AvgIpc) is 2.08. The molecule has 0 aromatic carbocycles. The van der Waals surface area contributed by atoms with Crippen LogP contribution in [0.1, 0.15) is 26.7 Å². The largest absolute Gasteiger partial charge is 0.463 e. The molecule has 0 fully saturated rings. The Hall–Kier alpha value is -0.610. The molecule has 4 heteroatoms. The van der Waals surface area contributed by atoms with Crippen molar-refractivity contribution in [1.29, 1.82) is 0 Å². The van der Waals surface area contributed by atoms with Crippen molar-refractivity contribution in [2.75, 3.05) is 19.8 Å². The molecule has 0 aromatic rings. The molecule has 0 bridgehead atoms. The van der Waals surface area contributed by atoms with Crippen LogP contribution in [0.5, 0.6) is 0 Å². The van der Waals surface area contributed by atoms with Gasteiger partial charge in [0, 0.05) is 6.42 Å². The summed E-state index contributed by atoms with van der Waals surface area (Å²) in [5.74, 6) is -0.196. The summed E-state index contributed by atoms with van der Waals surface area (Å²) in [5, 5.41) is 0. The van der Waals surface area contributed by atoms with E-state index in [0.29, 0.717) is 32.6 Å². The first kappa shape index (κ1) is 12.4. The van der Waals surface area contributed by atoms with Crippen LogP contribution in [0.2, 0.25) is 0 Å². The molecule has 0 atom stereocenters. The second-order valence-electron chi connectivity index (χ2n) is 3.03. The Labute approximate surface area is 79.4 Å². The number of rotatable bonds is 7. The Kier molecular flexibility index (Phi) is 7.63. The zero-order valence-electron chi connectivity index (χ0n) is 8.41. The minimum Gasteiger partial charge on any atom is -0.463 e. The van der Waals surface area contributed by atoms with Crippen molar-refractivity contribution in [1.82, 2.24) is 0 Å². The molecule has 0 spiro atoms. The van der Waals surface area contributed by atoms with E-state index in [0.717, 1.165) is 0 Å². The number of carbonyl (C=O) groups is 1. The van der Waals surface area contributed by atoms with Gasteiger partial charge in [-0.15, -0.1) is 0 Å². The number of esters is 1. The van der Waals surface area contributed by atoms with Gasteiger partial charge in [-0.1, -0.05) is 0 Å². The standard InChI is InChI=1S/C9H19NO3/c1-8(2)12-6-7-13-9(11)4-3-5-10/h8H,3-7,10H2,1-2H3. The van der Waals surface area contributed by atoms with Crippen LogP contribution in [0, 0.1) is 0 Å². The van der Waals surface area contributed by atoms with Gasteiger partial charge in [-0.25, -0.2) is 0 Å². The van der Waals surface area contributed by atoms with Gasteiger partial charge in [-0.3, -0.25) is 4.79 Å². The normalized spacial score (nSPS) is 10.5. The summed E-state index contributed by atoms with van der Waals surface area (Å²) < 4.78 is 10.1. The number of ether oxygens (including phenoxy) is 2. The van der Waals surface area contributed by atoms with Crippen LogP contribution in [-0.2, 0) is 14.3 Å². The predicted molar refractivity (Wildman–Crippen MR) is 50.3 cm³/mol. The molecule has 2 N–H and O–H groups in total. The monoisotopic (exact) mass is 189 g/mol. The highest BCUT2D eigenvalue weighted by molar-refractivity contribution is 5.69. The number of hydrogen-bond donors (Lipinski definition) is 1. The average molecular weight is 189 g/mol. The molecule has 0 aliphatic rings. The van der Waals surface area contributed by atoms with Crippen molar-refractivity contribution in [3.05, 3.63) is 0 Å². The minimum atomic E-state index is -0.196. The van der Waals surface area contributed by atoms with Crippen LogP contribution >= 0.6 is 0 Å². The highest BCUT2D eigenvalue weighted by atomic mass is 16.6. The van der Waals surface area contributed by atoms with E-state index in [2.05, 4.69) is 0 Å². The van der Waals surface area contributed by atoms with Crippen molar-refractivity contribution >= 4 is 5.97 Å². The Morgan fingerprint density at radius 2 is 2.08 bits per heavy atom. The minimum absolute atomic E-state index is 0.183. The maximum Gasteiger partial charge on any atom is 0.305 e. The van der Waals surface area contributed by atoms with E-state index in [1.165, 1.54) is 0 Å². The highest BCUT2D eigenvalue weighted by Gasteiger charge is 2.01. The van der Waals surface area contributed by atoms with Crippen molar-refractivity contribution < 1.29 is 14.3 Å². The molecule has 13 heavy (non-hydrogen) atoms. The molecule has 0 saturated carbocycles. The molecule has 0 saturated heterocycles. The fraction of sp³-hybridized carbons (Fsp3) is 0.889. The molecule has 0 heterocycles. The van der Waals surface area contributed by atoms with Crippen LogP contribution in [0.15, 0.2) is 0 Å². The van der Waals surface area contributed by atoms with Crippen LogP contribution in [0.3, 0.4) is 0 Å². The summed E-state index contributed by atoms with van der Waals surface area (Å²) in [7, 11) is 0. The van der Waals surface area contributed by atoms with Crippen molar-refractivity contribution in [3.8, 4) is 0 Å². The summed E-state index contributed by atoms with van der Waals surface area (Å²) in [4.78, 5) is 10.9. The van der Waals surface area contributed by atoms with Gasteiger partial charge in [-0.2, -0.15) is 0 Å². The smallest absolute Gasteiger partial charge is 0.305 e. The third kappa shape index (κ3) is 9.30. The lowest BCUT2D eigenvalue weighted by atomic mass is 10.3. The zero-order chi connectivity index (χ0) is 10.1. The van der Waals surface area contributed by atoms with Gasteiger partial charge in [0.25, 0.3) is 0 Å². The van der Waals surface area contributed by atoms with E-state index in [1.54, 1.807) is 0 Å². The van der Waals surface area contributed by atoms with Gasteiger partial charge >= 0.3 is 5.97 Å². The molecule has 0 aromatic heterocycles. The lowest BCUT2D eigenvalue weighted by molar-refractivity contribution is -0.145. The van der Waals surface area contributed by atoms with Gasteiger partial charge in [0.1, 0.15) is 6.61 Å². The molecule has 0 radical (unpaired) electrons. The summed E-state index contributed by atoms with van der Waals surface area (Å²) in [5.41, 5.74) is 5.24. The third-order valence-electron chi connectivity index (χ3n) is 1.38. The topological polar surface area (TPSA) is 61.5 Å². The molecule has 0 rings (SSSR count). The predicted octanol–water partition coefficient (Wildman–Crippen LogP) is 0.694. The Morgan fingerprint density at radius 1 is 1.38 bits per heavy atom. The summed E-state index contributed by atoms with van der Waals surface area (Å²) in [6, 6.07) is 0. The zero-order valence-corrected chi connectivity index (χ0v) is 8.41. The first-order chi connectivity index (χ1) is 6.16. The number of carbonyl (C=O) groups excluding carboxylic acids is 1. The molecule has 78 valence electrons. The van der Waals surface area contributed by atoms with E-state index in [4.69, 9.17) is 15.2 Å². The van der Waals surface area contributed by atoms with E-state index in [9.17, 15) is 4.79 Å². The summed E-state index contributed by atoms with van der Waals surface area (Å²) in [6.07, 6.45) is 1.27. The molecular weight excluding hydrogens is 170 g/mol. The van der Waals surface area contributed by atoms with Crippen LogP contribution in [0.25, 0.3) is 0 Å². The quantitative estimate of drug-likeness (QED) is 0.473. The Morgan fingerprint density at radius 3 is 2.62 bits per heavy atom. The van der Waals surface area contributed by atoms with E-state index < -0.39 is 0 Å². The summed E-state index contributed by atoms with van der Waals surface area (Å²) in [6.45, 7) is 5.21. The fourth-order valence-electron chi connectivity index (χ4n) is 0.758. The molecular formula is C9H19NO3. The van der Waals surface area contributed by atoms with Gasteiger partial charge in [0.2, 0.25) is 0 Å². The maximum atomic E-state index is 10.9. The lowest BCUT2D eigenvalue weighted by Gasteiger charge is -2.07. The second-order valence-corrected chi connectivity index (χ2v) is 3.03. The third-order valence-corrected chi connectivity index (χ3v) is 1.38. The van der Waals surface area contributed by atoms with Gasteiger partial charge in [-0.05, 0) is 26.8 Å². The Bertz CT molecular complexity index is 137. The number of hydrogen-bond acceptors (Lipinski definition) is 4. The van der Waals surface area contributed by atoms with Crippen LogP contribution < -0.4 is 5.73 Å². The van der Waals surface area contributed by atoms with E-state index in [-0.39, 0.29) is 12.1 Å². The van der Waals surface area contributed by atoms with Crippen molar-refractivity contribution in [3.63, 3.8) is 0 Å². The van der Waals surface area contributed by atoms with Crippen LogP contribution in [0.4, 0.5) is 0 Å². The van der Waals surface area contributed by atoms with Crippen LogP contribution in [-0.4, -0.2) is 31.8 Å². The second kappa shape index (κ2) is 8.01. The highest BCUT2D eigenvalue weighted by Crippen LogP contribution is 1.92. The SMILES string of the molecule is CC(C)OCCOC(=O)CCCN. The summed E-state index contributed by atoms with van der Waals surface area (Å²) >= 11 is 0. The lowest BCUT2D eigenvalue weighted by Crippen LogP contribution is -2.14. The molecule has 0 aliphatic heterocycles. The first-order valence-electron chi connectivity index (χ1n) is 4.64. The Balaban J connectivity index is 3.17. The first-order valence-corrected chi connectivity index (χ1v) is 4.64. The van der Waals surface area contributed by atoms with Crippen molar-refractivity contribution in [2.24, 2.45) is 5.73 Å². The molecule has 0 aliphatic carbocycles. The van der Waals surface area contributed by atoms with Gasteiger partial charge in [0.15, 0.2) is 0 Å². The molecule has 0 unspecified atom stereocenters. The van der Waals surface area contributed by atoms with Gasteiger partial charge in [0.05, 0.1) is 12.7 Å². The molecule has 4 nitrogen and oxygen atoms in total. The number of nitrogens with two attached hydrogens (primary N) is 1. The van der Waals surface area contributed by atoms with E-state index in [1.807, 2.05) is 13.8 Å². The van der Waals surface area contributed by atoms with Crippen molar-refractivity contribution in [2.45, 2.75) is 32.8 Å². The van der Waals surface area contributed by atoms with Gasteiger partial charge < -0.3 is 15.2 Å².